The van der Waals surface area contributed by atoms with E-state index in [0.29, 0.717) is 18.3 Å². The van der Waals surface area contributed by atoms with Crippen LogP contribution in [0.25, 0.3) is 0 Å². The van der Waals surface area contributed by atoms with Crippen molar-refractivity contribution in [2.24, 2.45) is 11.8 Å². The molecule has 1 amide bonds. The van der Waals surface area contributed by atoms with Gasteiger partial charge in [-0.2, -0.15) is 0 Å². The Hall–Kier alpha value is -1.59. The van der Waals surface area contributed by atoms with E-state index in [9.17, 15) is 9.90 Å². The number of rotatable bonds is 8. The fourth-order valence-electron chi connectivity index (χ4n) is 3.13. The summed E-state index contributed by atoms with van der Waals surface area (Å²) in [5.41, 5.74) is 1.11. The van der Waals surface area contributed by atoms with Crippen molar-refractivity contribution in [2.75, 3.05) is 26.2 Å². The van der Waals surface area contributed by atoms with Crippen molar-refractivity contribution >= 4 is 5.91 Å². The van der Waals surface area contributed by atoms with Gasteiger partial charge < -0.3 is 20.5 Å². The van der Waals surface area contributed by atoms with Gasteiger partial charge in [0.1, 0.15) is 18.5 Å². The monoisotopic (exact) mass is 334 g/mol. The van der Waals surface area contributed by atoms with Crippen LogP contribution in [0.5, 0.6) is 5.75 Å². The highest BCUT2D eigenvalue weighted by molar-refractivity contribution is 5.76. The third kappa shape index (κ3) is 6.49. The van der Waals surface area contributed by atoms with E-state index in [0.717, 1.165) is 37.2 Å². The Morgan fingerprint density at radius 1 is 1.42 bits per heavy atom. The van der Waals surface area contributed by atoms with Gasteiger partial charge in [0.25, 0.3) is 0 Å². The number of carbonyl (C=O) groups is 1. The average molecular weight is 334 g/mol. The summed E-state index contributed by atoms with van der Waals surface area (Å²) in [7, 11) is 0. The van der Waals surface area contributed by atoms with Crippen molar-refractivity contribution in [1.82, 2.24) is 10.6 Å². The highest BCUT2D eigenvalue weighted by atomic mass is 16.5. The number of aliphatic hydroxyl groups excluding tert-OH is 1. The van der Waals surface area contributed by atoms with Gasteiger partial charge in [0.15, 0.2) is 0 Å². The second kappa shape index (κ2) is 9.64. The first kappa shape index (κ1) is 18.7. The Bertz CT molecular complexity index is 515. The summed E-state index contributed by atoms with van der Waals surface area (Å²) >= 11 is 0. The van der Waals surface area contributed by atoms with Gasteiger partial charge in [-0.15, -0.1) is 0 Å². The molecule has 5 heteroatoms. The third-order valence-corrected chi connectivity index (χ3v) is 4.66. The zero-order valence-electron chi connectivity index (χ0n) is 14.8. The standard InChI is InChI=1S/C19H30N2O3/c1-14-4-3-5-18(10-14)24-13-17(22)12-21-19(23)11-15(2)16-6-8-20-9-7-16/h3-5,10,15-17,20,22H,6-9,11-13H2,1-2H3,(H,21,23). The Morgan fingerprint density at radius 3 is 2.88 bits per heavy atom. The van der Waals surface area contributed by atoms with Crippen molar-refractivity contribution in [2.45, 2.75) is 39.2 Å². The molecule has 134 valence electrons. The normalized spacial score (nSPS) is 18.0. The number of hydrogen-bond acceptors (Lipinski definition) is 4. The number of nitrogens with one attached hydrogen (secondary N) is 2. The molecular weight excluding hydrogens is 304 g/mol. The van der Waals surface area contributed by atoms with E-state index in [4.69, 9.17) is 4.74 Å². The summed E-state index contributed by atoms with van der Waals surface area (Å²) in [4.78, 5) is 12.0. The number of piperidine rings is 1. The molecule has 1 aliphatic heterocycles. The number of benzene rings is 1. The SMILES string of the molecule is Cc1cccc(OCC(O)CNC(=O)CC(C)C2CCNCC2)c1. The second-order valence-corrected chi connectivity index (χ2v) is 6.85. The Labute approximate surface area is 144 Å². The van der Waals surface area contributed by atoms with Crippen LogP contribution < -0.4 is 15.4 Å². The molecule has 0 aromatic heterocycles. The molecule has 5 nitrogen and oxygen atoms in total. The molecule has 0 radical (unpaired) electrons. The van der Waals surface area contributed by atoms with Crippen LogP contribution >= 0.6 is 0 Å². The fourth-order valence-corrected chi connectivity index (χ4v) is 3.13. The molecule has 2 unspecified atom stereocenters. The number of aliphatic hydroxyl groups is 1. The van der Waals surface area contributed by atoms with E-state index in [1.807, 2.05) is 31.2 Å². The molecule has 0 spiro atoms. The van der Waals surface area contributed by atoms with Crippen LogP contribution in [0.3, 0.4) is 0 Å². The van der Waals surface area contributed by atoms with Crippen LogP contribution in [0.4, 0.5) is 0 Å². The zero-order valence-corrected chi connectivity index (χ0v) is 14.8. The molecule has 1 aromatic rings. The maximum Gasteiger partial charge on any atom is 0.220 e. The summed E-state index contributed by atoms with van der Waals surface area (Å²) < 4.78 is 5.55. The molecule has 1 aromatic carbocycles. The lowest BCUT2D eigenvalue weighted by atomic mass is 9.84. The number of aryl methyl sites for hydroxylation is 1. The maximum absolute atomic E-state index is 12.0. The Morgan fingerprint density at radius 2 is 2.17 bits per heavy atom. The number of hydrogen-bond donors (Lipinski definition) is 3. The van der Waals surface area contributed by atoms with Gasteiger partial charge in [-0.3, -0.25) is 4.79 Å². The first-order chi connectivity index (χ1) is 11.5. The number of carbonyl (C=O) groups excluding carboxylic acids is 1. The topological polar surface area (TPSA) is 70.6 Å². The minimum Gasteiger partial charge on any atom is -0.491 e. The molecule has 0 saturated carbocycles. The van der Waals surface area contributed by atoms with Crippen LogP contribution in [0, 0.1) is 18.8 Å². The van der Waals surface area contributed by atoms with Gasteiger partial charge in [-0.05, 0) is 62.4 Å². The predicted octanol–water partition coefficient (Wildman–Crippen LogP) is 1.88. The molecule has 0 aliphatic carbocycles. The summed E-state index contributed by atoms with van der Waals surface area (Å²) in [6, 6.07) is 7.69. The minimum absolute atomic E-state index is 0.00985. The van der Waals surface area contributed by atoms with Gasteiger partial charge in [-0.1, -0.05) is 19.1 Å². The van der Waals surface area contributed by atoms with E-state index in [1.54, 1.807) is 0 Å². The molecule has 24 heavy (non-hydrogen) atoms. The fraction of sp³-hybridized carbons (Fsp3) is 0.632. The lowest BCUT2D eigenvalue weighted by molar-refractivity contribution is -0.122. The molecule has 1 heterocycles. The van der Waals surface area contributed by atoms with Gasteiger partial charge >= 0.3 is 0 Å². The van der Waals surface area contributed by atoms with Gasteiger partial charge in [0.2, 0.25) is 5.91 Å². The average Bonchev–Trinajstić information content (AvgIpc) is 2.59. The van der Waals surface area contributed by atoms with Crippen molar-refractivity contribution in [3.63, 3.8) is 0 Å². The minimum atomic E-state index is -0.705. The molecule has 1 saturated heterocycles. The maximum atomic E-state index is 12.0. The highest BCUT2D eigenvalue weighted by Crippen LogP contribution is 2.24. The summed E-state index contributed by atoms with van der Waals surface area (Å²) in [5.74, 6) is 1.75. The quantitative estimate of drug-likeness (QED) is 0.679. The molecule has 1 aliphatic rings. The number of ether oxygens (including phenoxy) is 1. The van der Waals surface area contributed by atoms with Crippen molar-refractivity contribution in [1.29, 1.82) is 0 Å². The molecule has 2 rings (SSSR count). The van der Waals surface area contributed by atoms with E-state index >= 15 is 0 Å². The first-order valence-corrected chi connectivity index (χ1v) is 8.89. The highest BCUT2D eigenvalue weighted by Gasteiger charge is 2.22. The lowest BCUT2D eigenvalue weighted by Crippen LogP contribution is -2.37. The van der Waals surface area contributed by atoms with Crippen LogP contribution in [0.2, 0.25) is 0 Å². The van der Waals surface area contributed by atoms with Crippen LogP contribution in [-0.2, 0) is 4.79 Å². The zero-order chi connectivity index (χ0) is 17.4. The Kier molecular flexibility index (Phi) is 7.53. The predicted molar refractivity (Wildman–Crippen MR) is 95.1 cm³/mol. The molecule has 1 fully saturated rings. The molecule has 0 bridgehead atoms. The largest absolute Gasteiger partial charge is 0.491 e. The van der Waals surface area contributed by atoms with E-state index in [2.05, 4.69) is 17.6 Å². The second-order valence-electron chi connectivity index (χ2n) is 6.85. The summed E-state index contributed by atoms with van der Waals surface area (Å²) in [6.07, 6.45) is 2.10. The first-order valence-electron chi connectivity index (χ1n) is 8.89. The smallest absolute Gasteiger partial charge is 0.220 e. The van der Waals surface area contributed by atoms with Crippen LogP contribution in [-0.4, -0.2) is 43.4 Å². The van der Waals surface area contributed by atoms with Crippen molar-refractivity contribution < 1.29 is 14.6 Å². The van der Waals surface area contributed by atoms with Crippen molar-refractivity contribution in [3.8, 4) is 5.75 Å². The van der Waals surface area contributed by atoms with Gasteiger partial charge in [0, 0.05) is 13.0 Å². The van der Waals surface area contributed by atoms with Crippen LogP contribution in [0.15, 0.2) is 24.3 Å². The Balaban J connectivity index is 1.63. The molecule has 2 atom stereocenters. The van der Waals surface area contributed by atoms with Crippen molar-refractivity contribution in [3.05, 3.63) is 29.8 Å². The van der Waals surface area contributed by atoms with Gasteiger partial charge in [-0.25, -0.2) is 0 Å². The number of amides is 1. The lowest BCUT2D eigenvalue weighted by Gasteiger charge is -2.28. The molecule has 3 N–H and O–H groups in total. The molecular formula is C19H30N2O3. The van der Waals surface area contributed by atoms with E-state index < -0.39 is 6.10 Å². The van der Waals surface area contributed by atoms with Crippen LogP contribution in [0.1, 0.15) is 31.7 Å². The summed E-state index contributed by atoms with van der Waals surface area (Å²) in [5, 5.41) is 16.1. The summed E-state index contributed by atoms with van der Waals surface area (Å²) in [6.45, 7) is 6.63. The van der Waals surface area contributed by atoms with E-state index in [1.165, 1.54) is 0 Å². The third-order valence-electron chi connectivity index (χ3n) is 4.66. The van der Waals surface area contributed by atoms with E-state index in [-0.39, 0.29) is 19.1 Å². The van der Waals surface area contributed by atoms with Gasteiger partial charge in [0.05, 0.1) is 0 Å².